The normalized spacial score (nSPS) is 15.4. The zero-order valence-corrected chi connectivity index (χ0v) is 15.9. The largest absolute Gasteiger partial charge is 0.480 e. The highest BCUT2D eigenvalue weighted by molar-refractivity contribution is 5.93. The number of hydrogen-bond acceptors (Lipinski definition) is 7. The van der Waals surface area contributed by atoms with Gasteiger partial charge in [0.05, 0.1) is 12.8 Å². The number of nitrogens with zero attached hydrogens (tertiary/aromatic N) is 7. The van der Waals surface area contributed by atoms with Crippen molar-refractivity contribution in [1.29, 1.82) is 0 Å². The van der Waals surface area contributed by atoms with Crippen molar-refractivity contribution in [2.24, 2.45) is 0 Å². The summed E-state index contributed by atoms with van der Waals surface area (Å²) < 4.78 is 7.05. The van der Waals surface area contributed by atoms with Gasteiger partial charge >= 0.3 is 0 Å². The van der Waals surface area contributed by atoms with Crippen LogP contribution in [-0.2, 0) is 0 Å². The third-order valence-corrected chi connectivity index (χ3v) is 5.48. The van der Waals surface area contributed by atoms with E-state index < -0.39 is 0 Å². The van der Waals surface area contributed by atoms with E-state index in [9.17, 15) is 0 Å². The second kappa shape index (κ2) is 6.70. The summed E-state index contributed by atoms with van der Waals surface area (Å²) in [5.41, 5.74) is 1.71. The van der Waals surface area contributed by atoms with Crippen LogP contribution in [0.2, 0.25) is 0 Å². The Morgan fingerprint density at radius 1 is 0.929 bits per heavy atom. The van der Waals surface area contributed by atoms with E-state index in [0.29, 0.717) is 11.8 Å². The quantitative estimate of drug-likeness (QED) is 0.544. The Labute approximate surface area is 162 Å². The first-order valence-electron chi connectivity index (χ1n) is 9.48. The second-order valence-corrected chi connectivity index (χ2v) is 7.12. The molecule has 0 aliphatic carbocycles. The molecule has 0 radical (unpaired) electrons. The lowest BCUT2D eigenvalue weighted by molar-refractivity contribution is 0.386. The van der Waals surface area contributed by atoms with Crippen molar-refractivity contribution < 1.29 is 4.74 Å². The van der Waals surface area contributed by atoms with Gasteiger partial charge in [0.2, 0.25) is 5.88 Å². The number of benzene rings is 1. The third-order valence-electron chi connectivity index (χ3n) is 5.48. The molecule has 0 atom stereocenters. The average molecular weight is 375 g/mol. The first-order chi connectivity index (χ1) is 13.7. The van der Waals surface area contributed by atoms with Crippen LogP contribution in [0, 0.1) is 6.92 Å². The van der Waals surface area contributed by atoms with Crippen LogP contribution < -0.4 is 9.64 Å². The van der Waals surface area contributed by atoms with E-state index in [-0.39, 0.29) is 0 Å². The molecule has 1 aliphatic heterocycles. The number of anilines is 1. The van der Waals surface area contributed by atoms with Crippen molar-refractivity contribution in [3.8, 4) is 5.88 Å². The maximum Gasteiger partial charge on any atom is 0.231 e. The van der Waals surface area contributed by atoms with E-state index in [0.717, 1.165) is 59.7 Å². The van der Waals surface area contributed by atoms with Gasteiger partial charge in [-0.2, -0.15) is 9.61 Å². The molecule has 0 unspecified atom stereocenters. The van der Waals surface area contributed by atoms with Crippen molar-refractivity contribution in [2.75, 3.05) is 25.1 Å². The Balaban J connectivity index is 1.41. The van der Waals surface area contributed by atoms with Crippen molar-refractivity contribution in [3.05, 3.63) is 47.9 Å². The van der Waals surface area contributed by atoms with Crippen LogP contribution in [0.1, 0.15) is 30.3 Å². The van der Waals surface area contributed by atoms with Crippen molar-refractivity contribution >= 4 is 22.2 Å². The molecule has 28 heavy (non-hydrogen) atoms. The second-order valence-electron chi connectivity index (χ2n) is 7.12. The van der Waals surface area contributed by atoms with Gasteiger partial charge in [-0.1, -0.05) is 24.3 Å². The number of fused-ring (bicyclic) bond motifs is 2. The van der Waals surface area contributed by atoms with Crippen LogP contribution in [-0.4, -0.2) is 50.2 Å². The fourth-order valence-electron chi connectivity index (χ4n) is 3.96. The van der Waals surface area contributed by atoms with Gasteiger partial charge in [0.15, 0.2) is 17.3 Å². The van der Waals surface area contributed by atoms with Gasteiger partial charge in [-0.15, -0.1) is 20.4 Å². The number of ether oxygens (including phenoxy) is 1. The summed E-state index contributed by atoms with van der Waals surface area (Å²) in [7, 11) is 1.61. The van der Waals surface area contributed by atoms with E-state index in [2.05, 4.69) is 48.6 Å². The molecule has 142 valence electrons. The summed E-state index contributed by atoms with van der Waals surface area (Å²) in [6.07, 6.45) is 1.92. The topological polar surface area (TPSA) is 81.3 Å². The zero-order valence-electron chi connectivity index (χ0n) is 15.9. The summed E-state index contributed by atoms with van der Waals surface area (Å²) in [6, 6.07) is 12.0. The molecule has 1 aromatic carbocycles. The molecule has 1 aliphatic rings. The van der Waals surface area contributed by atoms with E-state index in [1.165, 1.54) is 0 Å². The molecule has 4 heterocycles. The lowest BCUT2D eigenvalue weighted by Gasteiger charge is -2.32. The number of aryl methyl sites for hydroxylation is 1. The molecular formula is C20H21N7O. The molecule has 0 N–H and O–H groups in total. The number of hydrogen-bond donors (Lipinski definition) is 0. The van der Waals surface area contributed by atoms with Gasteiger partial charge in [0, 0.05) is 35.8 Å². The summed E-state index contributed by atoms with van der Waals surface area (Å²) >= 11 is 0. The standard InChI is InChI=1S/C20H21N7O/c1-13-15-5-3-4-6-16(15)20(24-21-13)26-11-9-14(10-12-26)19-23-22-17-7-8-18(28-2)25-27(17)19/h3-8,14H,9-12H2,1-2H3. The Bertz CT molecular complexity index is 1150. The van der Waals surface area contributed by atoms with E-state index in [1.54, 1.807) is 17.7 Å². The monoisotopic (exact) mass is 375 g/mol. The van der Waals surface area contributed by atoms with Gasteiger partial charge in [-0.25, -0.2) is 0 Å². The fourth-order valence-corrected chi connectivity index (χ4v) is 3.96. The first kappa shape index (κ1) is 16.9. The summed E-state index contributed by atoms with van der Waals surface area (Å²) in [4.78, 5) is 2.32. The number of piperidine rings is 1. The number of methoxy groups -OCH3 is 1. The van der Waals surface area contributed by atoms with Crippen LogP contribution in [0.15, 0.2) is 36.4 Å². The minimum absolute atomic E-state index is 0.301. The summed E-state index contributed by atoms with van der Waals surface area (Å²) in [6.45, 7) is 3.79. The molecule has 5 rings (SSSR count). The molecule has 1 saturated heterocycles. The maximum atomic E-state index is 5.25. The molecule has 3 aromatic heterocycles. The minimum atomic E-state index is 0.301. The van der Waals surface area contributed by atoms with E-state index in [4.69, 9.17) is 4.74 Å². The molecular weight excluding hydrogens is 354 g/mol. The predicted molar refractivity (Wildman–Crippen MR) is 106 cm³/mol. The van der Waals surface area contributed by atoms with Crippen LogP contribution in [0.5, 0.6) is 5.88 Å². The summed E-state index contributed by atoms with van der Waals surface area (Å²) in [5.74, 6) is 2.72. The Hall–Kier alpha value is -3.29. The van der Waals surface area contributed by atoms with E-state index >= 15 is 0 Å². The van der Waals surface area contributed by atoms with Gasteiger partial charge in [-0.05, 0) is 25.8 Å². The molecule has 8 nitrogen and oxygen atoms in total. The fraction of sp³-hybridized carbons (Fsp3) is 0.350. The third kappa shape index (κ3) is 2.72. The van der Waals surface area contributed by atoms with Crippen molar-refractivity contribution in [1.82, 2.24) is 30.0 Å². The molecule has 1 fully saturated rings. The van der Waals surface area contributed by atoms with Gasteiger partial charge in [-0.3, -0.25) is 0 Å². The van der Waals surface area contributed by atoms with Crippen LogP contribution in [0.4, 0.5) is 5.82 Å². The number of rotatable bonds is 3. The van der Waals surface area contributed by atoms with E-state index in [1.807, 2.05) is 19.1 Å². The summed E-state index contributed by atoms with van der Waals surface area (Å²) in [5, 5.41) is 24.3. The Morgan fingerprint density at radius 3 is 2.50 bits per heavy atom. The van der Waals surface area contributed by atoms with Crippen LogP contribution in [0.3, 0.4) is 0 Å². The molecule has 0 saturated carbocycles. The lowest BCUT2D eigenvalue weighted by Crippen LogP contribution is -2.34. The number of aromatic nitrogens is 6. The Kier molecular flexibility index (Phi) is 4.03. The predicted octanol–water partition coefficient (Wildman–Crippen LogP) is 2.77. The van der Waals surface area contributed by atoms with Crippen LogP contribution >= 0.6 is 0 Å². The zero-order chi connectivity index (χ0) is 19.1. The van der Waals surface area contributed by atoms with Crippen molar-refractivity contribution in [2.45, 2.75) is 25.7 Å². The highest BCUT2D eigenvalue weighted by Gasteiger charge is 2.27. The first-order valence-corrected chi connectivity index (χ1v) is 9.48. The molecule has 4 aromatic rings. The SMILES string of the molecule is COc1ccc2nnc(C3CCN(c4nnc(C)c5ccccc45)CC3)n2n1. The van der Waals surface area contributed by atoms with Crippen LogP contribution in [0.25, 0.3) is 16.4 Å². The molecule has 0 amide bonds. The highest BCUT2D eigenvalue weighted by atomic mass is 16.5. The minimum Gasteiger partial charge on any atom is -0.480 e. The smallest absolute Gasteiger partial charge is 0.231 e. The molecule has 8 heteroatoms. The Morgan fingerprint density at radius 2 is 1.71 bits per heavy atom. The molecule has 0 bridgehead atoms. The maximum absolute atomic E-state index is 5.25. The van der Waals surface area contributed by atoms with Gasteiger partial charge in [0.25, 0.3) is 0 Å². The van der Waals surface area contributed by atoms with Gasteiger partial charge in [0.1, 0.15) is 0 Å². The van der Waals surface area contributed by atoms with Crippen molar-refractivity contribution in [3.63, 3.8) is 0 Å². The lowest BCUT2D eigenvalue weighted by atomic mass is 9.95. The average Bonchev–Trinajstić information content (AvgIpc) is 3.17. The van der Waals surface area contributed by atoms with Gasteiger partial charge < -0.3 is 9.64 Å². The molecule has 0 spiro atoms. The highest BCUT2D eigenvalue weighted by Crippen LogP contribution is 2.32.